The number of imidazole rings is 1. The predicted molar refractivity (Wildman–Crippen MR) is 64.7 cm³/mol. The molecule has 1 atom stereocenters. The van der Waals surface area contributed by atoms with E-state index in [2.05, 4.69) is 20.9 Å². The van der Waals surface area contributed by atoms with Gasteiger partial charge in [-0.3, -0.25) is 4.57 Å². The van der Waals surface area contributed by atoms with Crippen molar-refractivity contribution in [2.75, 3.05) is 13.2 Å². The molecule has 5 heteroatoms. The number of nitrogens with zero attached hydrogens (tertiary/aromatic N) is 1. The number of fused-ring (bicyclic) bond motifs is 1. The second-order valence-electron chi connectivity index (χ2n) is 3.95. The van der Waals surface area contributed by atoms with E-state index in [0.717, 1.165) is 28.5 Å². The largest absolute Gasteiger partial charge is 0.379 e. The van der Waals surface area contributed by atoms with Crippen molar-refractivity contribution >= 4 is 27.0 Å². The van der Waals surface area contributed by atoms with Crippen LogP contribution in [0.1, 0.15) is 12.5 Å². The van der Waals surface area contributed by atoms with Crippen LogP contribution in [0.15, 0.2) is 27.5 Å². The third-order valence-electron chi connectivity index (χ3n) is 2.96. The second-order valence-corrected chi connectivity index (χ2v) is 4.81. The average Bonchev–Trinajstić information content (AvgIpc) is 2.84. The lowest BCUT2D eigenvalue weighted by atomic mass is 10.2. The molecule has 1 fully saturated rings. The summed E-state index contributed by atoms with van der Waals surface area (Å²) < 4.78 is 8.07. The zero-order chi connectivity index (χ0) is 11.1. The van der Waals surface area contributed by atoms with Gasteiger partial charge >= 0.3 is 5.69 Å². The van der Waals surface area contributed by atoms with Gasteiger partial charge in [0.15, 0.2) is 0 Å². The first-order valence-electron chi connectivity index (χ1n) is 5.24. The van der Waals surface area contributed by atoms with E-state index < -0.39 is 0 Å². The Morgan fingerprint density at radius 3 is 3.12 bits per heavy atom. The fourth-order valence-corrected chi connectivity index (χ4v) is 2.77. The van der Waals surface area contributed by atoms with Crippen LogP contribution in [0.5, 0.6) is 0 Å². The second kappa shape index (κ2) is 3.75. The summed E-state index contributed by atoms with van der Waals surface area (Å²) in [6.45, 7) is 1.35. The molecule has 1 aromatic carbocycles. The summed E-state index contributed by atoms with van der Waals surface area (Å²) >= 11 is 3.49. The normalized spacial score (nSPS) is 20.7. The lowest BCUT2D eigenvalue weighted by Gasteiger charge is -2.10. The van der Waals surface area contributed by atoms with Crippen molar-refractivity contribution < 1.29 is 4.74 Å². The van der Waals surface area contributed by atoms with E-state index in [4.69, 9.17) is 4.74 Å². The van der Waals surface area contributed by atoms with Gasteiger partial charge in [-0.2, -0.15) is 0 Å². The van der Waals surface area contributed by atoms with Crippen molar-refractivity contribution in [3.05, 3.63) is 33.2 Å². The van der Waals surface area contributed by atoms with Crippen molar-refractivity contribution in [1.82, 2.24) is 9.55 Å². The fourth-order valence-electron chi connectivity index (χ4n) is 2.21. The summed E-state index contributed by atoms with van der Waals surface area (Å²) in [4.78, 5) is 14.8. The van der Waals surface area contributed by atoms with Crippen LogP contribution in [0, 0.1) is 0 Å². The van der Waals surface area contributed by atoms with E-state index in [1.807, 2.05) is 18.2 Å². The maximum absolute atomic E-state index is 11.9. The van der Waals surface area contributed by atoms with Crippen molar-refractivity contribution in [3.8, 4) is 0 Å². The average molecular weight is 283 g/mol. The van der Waals surface area contributed by atoms with Crippen LogP contribution >= 0.6 is 15.9 Å². The summed E-state index contributed by atoms with van der Waals surface area (Å²) in [5, 5.41) is 0. The van der Waals surface area contributed by atoms with Gasteiger partial charge in [0, 0.05) is 11.1 Å². The smallest absolute Gasteiger partial charge is 0.326 e. The van der Waals surface area contributed by atoms with Gasteiger partial charge < -0.3 is 9.72 Å². The molecule has 2 heterocycles. The van der Waals surface area contributed by atoms with Gasteiger partial charge in [0.05, 0.1) is 23.7 Å². The van der Waals surface area contributed by atoms with Crippen LogP contribution in [-0.4, -0.2) is 22.8 Å². The molecule has 1 aromatic heterocycles. The number of aromatic nitrogens is 2. The molecule has 84 valence electrons. The first-order chi connectivity index (χ1) is 7.77. The summed E-state index contributed by atoms with van der Waals surface area (Å²) in [5.74, 6) is 0. The Morgan fingerprint density at radius 1 is 1.50 bits per heavy atom. The van der Waals surface area contributed by atoms with E-state index in [0.29, 0.717) is 6.61 Å². The Kier molecular flexibility index (Phi) is 2.37. The van der Waals surface area contributed by atoms with E-state index in [1.54, 1.807) is 4.57 Å². The third kappa shape index (κ3) is 1.43. The van der Waals surface area contributed by atoms with E-state index >= 15 is 0 Å². The minimum Gasteiger partial charge on any atom is -0.379 e. The number of rotatable bonds is 1. The highest BCUT2D eigenvalue weighted by atomic mass is 79.9. The summed E-state index contributed by atoms with van der Waals surface area (Å²) in [6, 6.07) is 5.92. The van der Waals surface area contributed by atoms with Crippen molar-refractivity contribution in [2.24, 2.45) is 0 Å². The van der Waals surface area contributed by atoms with Gasteiger partial charge in [-0.05, 0) is 34.5 Å². The maximum atomic E-state index is 11.9. The van der Waals surface area contributed by atoms with Gasteiger partial charge in [0.25, 0.3) is 0 Å². The molecule has 1 unspecified atom stereocenters. The monoisotopic (exact) mass is 282 g/mol. The molecule has 1 aliphatic rings. The maximum Gasteiger partial charge on any atom is 0.326 e. The van der Waals surface area contributed by atoms with Gasteiger partial charge in [-0.1, -0.05) is 6.07 Å². The fraction of sp³-hybridized carbons (Fsp3) is 0.364. The zero-order valence-corrected chi connectivity index (χ0v) is 10.2. The molecule has 1 saturated heterocycles. The molecule has 3 rings (SSSR count). The minimum atomic E-state index is -0.0580. The molecule has 16 heavy (non-hydrogen) atoms. The standard InChI is InChI=1S/C11H11BrN2O2/c12-8-2-1-3-9-10(8)14(11(15)13-9)7-4-5-16-6-7/h1-3,7H,4-6H2,(H,13,15). The summed E-state index contributed by atoms with van der Waals surface area (Å²) in [5.41, 5.74) is 1.74. The Morgan fingerprint density at radius 2 is 2.38 bits per heavy atom. The minimum absolute atomic E-state index is 0.0580. The van der Waals surface area contributed by atoms with Gasteiger partial charge in [0.1, 0.15) is 0 Å². The molecule has 0 aliphatic carbocycles. The SMILES string of the molecule is O=c1[nH]c2cccc(Br)c2n1C1CCOC1. The lowest BCUT2D eigenvalue weighted by molar-refractivity contribution is 0.186. The number of nitrogens with one attached hydrogen (secondary N) is 1. The number of aromatic amines is 1. The number of halogens is 1. The lowest BCUT2D eigenvalue weighted by Crippen LogP contribution is -2.22. The molecule has 0 radical (unpaired) electrons. The van der Waals surface area contributed by atoms with E-state index in [-0.39, 0.29) is 11.7 Å². The molecular weight excluding hydrogens is 272 g/mol. The molecular formula is C11H11BrN2O2. The van der Waals surface area contributed by atoms with Crippen molar-refractivity contribution in [2.45, 2.75) is 12.5 Å². The van der Waals surface area contributed by atoms with Crippen LogP contribution in [0.4, 0.5) is 0 Å². The van der Waals surface area contributed by atoms with Crippen LogP contribution in [0.2, 0.25) is 0 Å². The number of hydrogen-bond donors (Lipinski definition) is 1. The highest BCUT2D eigenvalue weighted by molar-refractivity contribution is 9.10. The molecule has 0 saturated carbocycles. The van der Waals surface area contributed by atoms with Crippen LogP contribution in [0.25, 0.3) is 11.0 Å². The molecule has 1 aliphatic heterocycles. The number of hydrogen-bond acceptors (Lipinski definition) is 2. The number of benzene rings is 1. The van der Waals surface area contributed by atoms with Crippen LogP contribution < -0.4 is 5.69 Å². The summed E-state index contributed by atoms with van der Waals surface area (Å²) in [7, 11) is 0. The Labute approximate surface area is 100 Å². The zero-order valence-electron chi connectivity index (χ0n) is 8.57. The first kappa shape index (κ1) is 10.1. The highest BCUT2D eigenvalue weighted by Crippen LogP contribution is 2.27. The first-order valence-corrected chi connectivity index (χ1v) is 6.03. The molecule has 2 aromatic rings. The topological polar surface area (TPSA) is 47.0 Å². The van der Waals surface area contributed by atoms with E-state index in [1.165, 1.54) is 0 Å². The molecule has 1 N–H and O–H groups in total. The Bertz CT molecular complexity index is 581. The molecule has 0 amide bonds. The summed E-state index contributed by atoms with van der Waals surface area (Å²) in [6.07, 6.45) is 0.897. The quantitative estimate of drug-likeness (QED) is 0.870. The Balaban J connectivity index is 2.29. The molecule has 0 spiro atoms. The van der Waals surface area contributed by atoms with Crippen LogP contribution in [0.3, 0.4) is 0 Å². The van der Waals surface area contributed by atoms with E-state index in [9.17, 15) is 4.79 Å². The molecule has 4 nitrogen and oxygen atoms in total. The number of para-hydroxylation sites is 1. The Hall–Kier alpha value is -1.07. The third-order valence-corrected chi connectivity index (χ3v) is 3.60. The van der Waals surface area contributed by atoms with Crippen molar-refractivity contribution in [1.29, 1.82) is 0 Å². The van der Waals surface area contributed by atoms with Gasteiger partial charge in [-0.15, -0.1) is 0 Å². The predicted octanol–water partition coefficient (Wildman–Crippen LogP) is 2.05. The number of ether oxygens (including phenoxy) is 1. The van der Waals surface area contributed by atoms with Gasteiger partial charge in [-0.25, -0.2) is 4.79 Å². The highest BCUT2D eigenvalue weighted by Gasteiger charge is 2.22. The van der Waals surface area contributed by atoms with Crippen molar-refractivity contribution in [3.63, 3.8) is 0 Å². The van der Waals surface area contributed by atoms with Gasteiger partial charge in [0.2, 0.25) is 0 Å². The number of H-pyrrole nitrogens is 1. The van der Waals surface area contributed by atoms with Crippen LogP contribution in [-0.2, 0) is 4.74 Å². The molecule has 0 bridgehead atoms.